The van der Waals surface area contributed by atoms with Gasteiger partial charge in [0.05, 0.1) is 15.6 Å². The highest BCUT2D eigenvalue weighted by Crippen LogP contribution is 2.32. The van der Waals surface area contributed by atoms with Gasteiger partial charge in [0.2, 0.25) is 16.0 Å². The Kier molecular flexibility index (Phi) is 8.77. The fourth-order valence-corrected chi connectivity index (χ4v) is 5.60. The van der Waals surface area contributed by atoms with Crippen molar-refractivity contribution in [3.8, 4) is 0 Å². The number of sulfonamides is 1. The monoisotopic (exact) mass is 558 g/mol. The molecule has 2 atom stereocenters. The molecule has 1 fully saturated rings. The molecule has 0 radical (unpaired) electrons. The summed E-state index contributed by atoms with van der Waals surface area (Å²) in [4.78, 5) is 34.9. The number of piperidine rings is 1. The number of aromatic nitrogens is 2. The first kappa shape index (κ1) is 27.3. The Morgan fingerprint density at radius 1 is 1.08 bits per heavy atom. The number of hydrogen-bond acceptors (Lipinski definition) is 8. The second kappa shape index (κ2) is 12.2. The van der Waals surface area contributed by atoms with E-state index in [0.29, 0.717) is 11.0 Å². The van der Waals surface area contributed by atoms with Crippen LogP contribution < -0.4 is 20.3 Å². The fraction of sp³-hybridized carbons (Fsp3) is 0.280. The first-order valence-electron chi connectivity index (χ1n) is 11.9. The molecule has 2 heterocycles. The number of carbonyl (C=O) groups is 2. The third kappa shape index (κ3) is 6.77. The first-order chi connectivity index (χ1) is 18.2. The van der Waals surface area contributed by atoms with Gasteiger partial charge in [-0.05, 0) is 55.7 Å². The van der Waals surface area contributed by atoms with E-state index in [9.17, 15) is 23.1 Å². The number of anilines is 2. The third-order valence-electron chi connectivity index (χ3n) is 6.00. The average molecular weight is 559 g/mol. The zero-order valence-corrected chi connectivity index (χ0v) is 21.8. The number of aliphatic carboxylic acids is 1. The van der Waals surface area contributed by atoms with Crippen LogP contribution in [0.1, 0.15) is 29.6 Å². The Hall–Kier alpha value is -3.74. The van der Waals surface area contributed by atoms with Gasteiger partial charge in [-0.3, -0.25) is 9.59 Å². The highest BCUT2D eigenvalue weighted by Gasteiger charge is 2.27. The molecule has 38 heavy (non-hydrogen) atoms. The van der Waals surface area contributed by atoms with Crippen LogP contribution in [0.4, 0.5) is 11.6 Å². The maximum absolute atomic E-state index is 12.8. The van der Waals surface area contributed by atoms with Crippen LogP contribution in [0.5, 0.6) is 0 Å². The molecule has 1 amide bonds. The minimum Gasteiger partial charge on any atom is -0.480 e. The topological polar surface area (TPSA) is 154 Å². The Morgan fingerprint density at radius 3 is 2.50 bits per heavy atom. The van der Waals surface area contributed by atoms with Crippen molar-refractivity contribution in [2.75, 3.05) is 23.3 Å². The quantitative estimate of drug-likeness (QED) is 0.294. The summed E-state index contributed by atoms with van der Waals surface area (Å²) in [6.45, 7) is 0.284. The SMILES string of the molecule is O=C(NC[C@H](NS(=O)(=O)c1ccccc1)C(=O)O)c1ccc(N2CCCCC2Nc2ncccn2)c(Cl)c1. The predicted octanol–water partition coefficient (Wildman–Crippen LogP) is 2.72. The van der Waals surface area contributed by atoms with Crippen LogP contribution in [0.15, 0.2) is 71.9 Å². The molecule has 1 aliphatic heterocycles. The van der Waals surface area contributed by atoms with Gasteiger partial charge in [-0.2, -0.15) is 4.72 Å². The van der Waals surface area contributed by atoms with Crippen LogP contribution in [-0.2, 0) is 14.8 Å². The second-order valence-electron chi connectivity index (χ2n) is 8.62. The number of benzene rings is 2. The van der Waals surface area contributed by atoms with Gasteiger partial charge in [0.15, 0.2) is 0 Å². The molecule has 200 valence electrons. The number of rotatable bonds is 10. The van der Waals surface area contributed by atoms with E-state index in [1.165, 1.54) is 30.3 Å². The first-order valence-corrected chi connectivity index (χ1v) is 13.8. The Bertz CT molecular complexity index is 1380. The van der Waals surface area contributed by atoms with Crippen molar-refractivity contribution in [1.82, 2.24) is 20.0 Å². The third-order valence-corrected chi connectivity index (χ3v) is 7.79. The molecule has 3 aromatic rings. The Morgan fingerprint density at radius 2 is 1.82 bits per heavy atom. The number of carboxylic acid groups (broad SMARTS) is 1. The van der Waals surface area contributed by atoms with Crippen LogP contribution in [0.25, 0.3) is 0 Å². The molecule has 13 heteroatoms. The Labute approximate surface area is 225 Å². The van der Waals surface area contributed by atoms with E-state index < -0.39 is 34.5 Å². The summed E-state index contributed by atoms with van der Waals surface area (Å²) >= 11 is 6.58. The summed E-state index contributed by atoms with van der Waals surface area (Å²) in [7, 11) is -4.09. The normalized spacial score (nSPS) is 16.4. The molecular formula is C25H27ClN6O5S. The van der Waals surface area contributed by atoms with Crippen molar-refractivity contribution in [2.24, 2.45) is 0 Å². The van der Waals surface area contributed by atoms with Gasteiger partial charge in [0.25, 0.3) is 5.91 Å². The second-order valence-corrected chi connectivity index (χ2v) is 10.7. The van der Waals surface area contributed by atoms with E-state index in [-0.39, 0.29) is 16.6 Å². The predicted molar refractivity (Wildman–Crippen MR) is 143 cm³/mol. The number of nitrogens with zero attached hydrogens (tertiary/aromatic N) is 3. The van der Waals surface area contributed by atoms with Crippen molar-refractivity contribution < 1.29 is 23.1 Å². The standard InChI is InChI=1S/C25H27ClN6O5S/c26-19-15-17(10-11-21(19)32-14-5-4-9-22(32)30-25-27-12-6-13-28-25)23(33)29-16-20(24(34)35)31-38(36,37)18-7-2-1-3-8-18/h1-3,6-8,10-13,15,20,22,31H,4-5,9,14,16H2,(H,29,33)(H,34,35)(H,27,28,30)/t20-,22?/m0/s1. The molecule has 1 saturated heterocycles. The molecule has 1 aliphatic rings. The molecule has 2 aromatic carbocycles. The maximum atomic E-state index is 12.8. The lowest BCUT2D eigenvalue weighted by molar-refractivity contribution is -0.138. The molecular weight excluding hydrogens is 532 g/mol. The number of carbonyl (C=O) groups excluding carboxylic acids is 1. The minimum atomic E-state index is -4.09. The largest absolute Gasteiger partial charge is 0.480 e. The zero-order chi connectivity index (χ0) is 27.1. The van der Waals surface area contributed by atoms with Crippen molar-refractivity contribution >= 4 is 45.1 Å². The molecule has 1 aromatic heterocycles. The molecule has 0 aliphatic carbocycles. The van der Waals surface area contributed by atoms with Crippen molar-refractivity contribution in [1.29, 1.82) is 0 Å². The molecule has 0 spiro atoms. The van der Waals surface area contributed by atoms with Crippen LogP contribution in [0.2, 0.25) is 5.02 Å². The smallest absolute Gasteiger partial charge is 0.323 e. The number of halogens is 1. The summed E-state index contributed by atoms with van der Waals surface area (Å²) in [6.07, 6.45) is 6.08. The zero-order valence-electron chi connectivity index (χ0n) is 20.2. The summed E-state index contributed by atoms with van der Waals surface area (Å²) < 4.78 is 27.1. The highest BCUT2D eigenvalue weighted by molar-refractivity contribution is 7.89. The average Bonchev–Trinajstić information content (AvgIpc) is 2.92. The van der Waals surface area contributed by atoms with Crippen molar-refractivity contribution in [3.63, 3.8) is 0 Å². The minimum absolute atomic E-state index is 0.0794. The van der Waals surface area contributed by atoms with E-state index in [2.05, 4.69) is 30.2 Å². The van der Waals surface area contributed by atoms with Gasteiger partial charge >= 0.3 is 5.97 Å². The summed E-state index contributed by atoms with van der Waals surface area (Å²) in [5, 5.41) is 15.6. The lowest BCUT2D eigenvalue weighted by atomic mass is 10.1. The summed E-state index contributed by atoms with van der Waals surface area (Å²) in [5.41, 5.74) is 0.942. The van der Waals surface area contributed by atoms with Crippen molar-refractivity contribution in [2.45, 2.75) is 36.4 Å². The van der Waals surface area contributed by atoms with Crippen molar-refractivity contribution in [3.05, 3.63) is 77.6 Å². The molecule has 1 unspecified atom stereocenters. The lowest BCUT2D eigenvalue weighted by Crippen LogP contribution is -2.48. The van der Waals surface area contributed by atoms with Gasteiger partial charge in [-0.15, -0.1) is 0 Å². The van der Waals surface area contributed by atoms with Crippen LogP contribution >= 0.6 is 11.6 Å². The summed E-state index contributed by atoms with van der Waals surface area (Å²) in [6, 6.07) is 12.4. The van der Waals surface area contributed by atoms with Crippen LogP contribution in [0.3, 0.4) is 0 Å². The molecule has 4 N–H and O–H groups in total. The number of nitrogens with one attached hydrogen (secondary N) is 3. The van der Waals surface area contributed by atoms with Crippen LogP contribution in [0, 0.1) is 0 Å². The van der Waals surface area contributed by atoms with Gasteiger partial charge in [0.1, 0.15) is 12.2 Å². The number of amides is 1. The Balaban J connectivity index is 1.42. The number of carboxylic acids is 1. The highest BCUT2D eigenvalue weighted by atomic mass is 35.5. The molecule has 11 nitrogen and oxygen atoms in total. The van der Waals surface area contributed by atoms with Gasteiger partial charge in [0, 0.05) is 31.0 Å². The molecule has 4 rings (SSSR count). The van der Waals surface area contributed by atoms with E-state index >= 15 is 0 Å². The summed E-state index contributed by atoms with van der Waals surface area (Å²) in [5.74, 6) is -1.51. The van der Waals surface area contributed by atoms with Gasteiger partial charge < -0.3 is 20.6 Å². The van der Waals surface area contributed by atoms with Gasteiger partial charge in [-0.1, -0.05) is 29.8 Å². The van der Waals surface area contributed by atoms with E-state index in [1.54, 1.807) is 36.7 Å². The van der Waals surface area contributed by atoms with E-state index in [4.69, 9.17) is 11.6 Å². The fourth-order valence-electron chi connectivity index (χ4n) is 4.10. The molecule has 0 bridgehead atoms. The van der Waals surface area contributed by atoms with E-state index in [0.717, 1.165) is 31.5 Å². The maximum Gasteiger partial charge on any atom is 0.323 e. The molecule has 0 saturated carbocycles. The van der Waals surface area contributed by atoms with Crippen LogP contribution in [-0.4, -0.2) is 60.7 Å². The van der Waals surface area contributed by atoms with Gasteiger partial charge in [-0.25, -0.2) is 18.4 Å². The van der Waals surface area contributed by atoms with E-state index in [1.807, 2.05) is 0 Å². The number of hydrogen-bond donors (Lipinski definition) is 4. The lowest BCUT2D eigenvalue weighted by Gasteiger charge is -2.38.